The molecule has 0 radical (unpaired) electrons. The largest absolute Gasteiger partial charge is 0.379 e. The van der Waals surface area contributed by atoms with Gasteiger partial charge in [0, 0.05) is 26.7 Å². The predicted molar refractivity (Wildman–Crippen MR) is 100 cm³/mol. The number of carbonyl (C=O) groups is 1. The van der Waals surface area contributed by atoms with Gasteiger partial charge in [-0.2, -0.15) is 4.37 Å². The van der Waals surface area contributed by atoms with Crippen LogP contribution < -0.4 is 10.6 Å². The van der Waals surface area contributed by atoms with E-state index in [1.165, 1.54) is 17.1 Å². The highest BCUT2D eigenvalue weighted by Crippen LogP contribution is 2.25. The molecular formula is C18H24N4O2S. The number of rotatable bonds is 6. The van der Waals surface area contributed by atoms with Gasteiger partial charge in [-0.3, -0.25) is 9.69 Å². The van der Waals surface area contributed by atoms with Gasteiger partial charge in [-0.1, -0.05) is 30.3 Å². The van der Waals surface area contributed by atoms with E-state index in [9.17, 15) is 4.79 Å². The fourth-order valence-corrected chi connectivity index (χ4v) is 3.85. The van der Waals surface area contributed by atoms with Crippen LogP contribution in [0, 0.1) is 6.92 Å². The van der Waals surface area contributed by atoms with Crippen molar-refractivity contribution in [3.63, 3.8) is 0 Å². The van der Waals surface area contributed by atoms with Crippen molar-refractivity contribution in [1.82, 2.24) is 14.6 Å². The Hall–Kier alpha value is -1.96. The van der Waals surface area contributed by atoms with E-state index >= 15 is 0 Å². The summed E-state index contributed by atoms with van der Waals surface area (Å²) in [6.45, 7) is 5.63. The molecule has 7 heteroatoms. The first-order valence-corrected chi connectivity index (χ1v) is 9.27. The van der Waals surface area contributed by atoms with Crippen molar-refractivity contribution < 1.29 is 9.53 Å². The van der Waals surface area contributed by atoms with Crippen molar-refractivity contribution in [3.05, 3.63) is 47.2 Å². The molecule has 1 saturated heterocycles. The maximum Gasteiger partial charge on any atom is 0.256 e. The minimum Gasteiger partial charge on any atom is -0.379 e. The molecule has 0 bridgehead atoms. The second-order valence-corrected chi connectivity index (χ2v) is 6.78. The Morgan fingerprint density at radius 2 is 2.04 bits per heavy atom. The Labute approximate surface area is 152 Å². The van der Waals surface area contributed by atoms with E-state index < -0.39 is 0 Å². The maximum atomic E-state index is 12.7. The lowest BCUT2D eigenvalue weighted by molar-refractivity contribution is 0.0162. The van der Waals surface area contributed by atoms with Gasteiger partial charge in [0.25, 0.3) is 5.91 Å². The first-order chi connectivity index (χ1) is 12.2. The molecule has 3 rings (SSSR count). The number of aromatic nitrogens is 1. The van der Waals surface area contributed by atoms with Gasteiger partial charge in [-0.05, 0) is 24.0 Å². The second-order valence-electron chi connectivity index (χ2n) is 6.01. The Bertz CT molecular complexity index is 698. The minimum atomic E-state index is -0.0789. The fourth-order valence-electron chi connectivity index (χ4n) is 3.11. The zero-order valence-corrected chi connectivity index (χ0v) is 15.4. The second kappa shape index (κ2) is 8.42. The van der Waals surface area contributed by atoms with Crippen molar-refractivity contribution in [2.24, 2.45) is 0 Å². The molecule has 1 aliphatic heterocycles. The standard InChI is InChI=1S/C18H24N4O2S/c1-13-16(18(19-2)25-21-13)17(23)20-12-15(14-6-4-3-5-7-14)22-8-10-24-11-9-22/h3-7,15,19H,8-12H2,1-2H3,(H,20,23)/t15-/m0/s1. The van der Waals surface area contributed by atoms with Crippen LogP contribution >= 0.6 is 11.5 Å². The summed E-state index contributed by atoms with van der Waals surface area (Å²) in [6.07, 6.45) is 0. The molecule has 1 atom stereocenters. The molecular weight excluding hydrogens is 336 g/mol. The SMILES string of the molecule is CNc1snc(C)c1C(=O)NC[C@@H](c1ccccc1)N1CCOCC1. The lowest BCUT2D eigenvalue weighted by atomic mass is 10.0. The summed E-state index contributed by atoms with van der Waals surface area (Å²) in [5.74, 6) is -0.0789. The van der Waals surface area contributed by atoms with Gasteiger partial charge in [0.1, 0.15) is 5.00 Å². The van der Waals surface area contributed by atoms with Gasteiger partial charge in [-0.25, -0.2) is 0 Å². The van der Waals surface area contributed by atoms with Crippen molar-refractivity contribution in [1.29, 1.82) is 0 Å². The van der Waals surface area contributed by atoms with Crippen molar-refractivity contribution in [2.45, 2.75) is 13.0 Å². The average molecular weight is 360 g/mol. The molecule has 0 aliphatic carbocycles. The third kappa shape index (κ3) is 4.18. The number of nitrogens with one attached hydrogen (secondary N) is 2. The van der Waals surface area contributed by atoms with E-state index in [-0.39, 0.29) is 11.9 Å². The Balaban J connectivity index is 1.74. The molecule has 6 nitrogen and oxygen atoms in total. The third-order valence-electron chi connectivity index (χ3n) is 4.44. The maximum absolute atomic E-state index is 12.7. The van der Waals surface area contributed by atoms with E-state index in [4.69, 9.17) is 4.74 Å². The van der Waals surface area contributed by atoms with Gasteiger partial charge < -0.3 is 15.4 Å². The summed E-state index contributed by atoms with van der Waals surface area (Å²) >= 11 is 1.31. The van der Waals surface area contributed by atoms with E-state index in [1.807, 2.05) is 32.2 Å². The molecule has 1 aliphatic rings. The smallest absolute Gasteiger partial charge is 0.256 e. The zero-order valence-electron chi connectivity index (χ0n) is 14.6. The number of nitrogens with zero attached hydrogens (tertiary/aromatic N) is 2. The van der Waals surface area contributed by atoms with Crippen LogP contribution in [0.4, 0.5) is 5.00 Å². The van der Waals surface area contributed by atoms with Crippen LogP contribution in [0.2, 0.25) is 0 Å². The lowest BCUT2D eigenvalue weighted by Crippen LogP contribution is -2.43. The number of hydrogen-bond acceptors (Lipinski definition) is 6. The number of hydrogen-bond donors (Lipinski definition) is 2. The molecule has 1 aromatic heterocycles. The van der Waals surface area contributed by atoms with Crippen LogP contribution in [-0.2, 0) is 4.74 Å². The third-order valence-corrected chi connectivity index (χ3v) is 5.40. The molecule has 1 fully saturated rings. The van der Waals surface area contributed by atoms with Gasteiger partial charge in [-0.15, -0.1) is 0 Å². The molecule has 1 amide bonds. The summed E-state index contributed by atoms with van der Waals surface area (Å²) in [4.78, 5) is 15.1. The van der Waals surface area contributed by atoms with Crippen LogP contribution in [-0.4, -0.2) is 55.1 Å². The van der Waals surface area contributed by atoms with Crippen molar-refractivity contribution in [3.8, 4) is 0 Å². The lowest BCUT2D eigenvalue weighted by Gasteiger charge is -2.35. The summed E-state index contributed by atoms with van der Waals surface area (Å²) in [7, 11) is 1.81. The number of ether oxygens (including phenoxy) is 1. The monoisotopic (exact) mass is 360 g/mol. The topological polar surface area (TPSA) is 66.5 Å². The quantitative estimate of drug-likeness (QED) is 0.827. The van der Waals surface area contributed by atoms with Crippen molar-refractivity contribution in [2.75, 3.05) is 45.2 Å². The van der Waals surface area contributed by atoms with Crippen LogP contribution in [0.5, 0.6) is 0 Å². The summed E-state index contributed by atoms with van der Waals surface area (Å²) in [5, 5.41) is 6.95. The molecule has 0 spiro atoms. The first kappa shape index (κ1) is 17.8. The van der Waals surface area contributed by atoms with E-state index in [1.54, 1.807) is 0 Å². The Morgan fingerprint density at radius 3 is 2.72 bits per heavy atom. The van der Waals surface area contributed by atoms with Crippen LogP contribution in [0.25, 0.3) is 0 Å². The van der Waals surface area contributed by atoms with Gasteiger partial charge >= 0.3 is 0 Å². The van der Waals surface area contributed by atoms with Crippen LogP contribution in [0.1, 0.15) is 27.7 Å². The first-order valence-electron chi connectivity index (χ1n) is 8.49. The minimum absolute atomic E-state index is 0.0789. The molecule has 2 heterocycles. The molecule has 1 aromatic carbocycles. The van der Waals surface area contributed by atoms with Crippen molar-refractivity contribution >= 4 is 22.4 Å². The van der Waals surface area contributed by atoms with Crippen LogP contribution in [0.3, 0.4) is 0 Å². The molecule has 0 saturated carbocycles. The highest BCUT2D eigenvalue weighted by Gasteiger charge is 2.24. The zero-order chi connectivity index (χ0) is 17.6. The normalized spacial score (nSPS) is 16.4. The Morgan fingerprint density at radius 1 is 1.32 bits per heavy atom. The average Bonchev–Trinajstić information content (AvgIpc) is 3.04. The number of anilines is 1. The van der Waals surface area contributed by atoms with Gasteiger partial charge in [0.05, 0.1) is 30.5 Å². The predicted octanol–water partition coefficient (Wildman–Crippen LogP) is 2.30. The van der Waals surface area contributed by atoms with E-state index in [2.05, 4.69) is 32.0 Å². The fraction of sp³-hybridized carbons (Fsp3) is 0.444. The number of aryl methyl sites for hydroxylation is 1. The van der Waals surface area contributed by atoms with Gasteiger partial charge in [0.15, 0.2) is 0 Å². The molecule has 2 N–H and O–H groups in total. The highest BCUT2D eigenvalue weighted by atomic mass is 32.1. The number of morpholine rings is 1. The highest BCUT2D eigenvalue weighted by molar-refractivity contribution is 7.10. The number of amides is 1. The number of benzene rings is 1. The summed E-state index contributed by atoms with van der Waals surface area (Å²) in [5.41, 5.74) is 2.61. The molecule has 134 valence electrons. The van der Waals surface area contributed by atoms with E-state index in [0.29, 0.717) is 12.1 Å². The Kier molecular flexibility index (Phi) is 6.01. The van der Waals surface area contributed by atoms with E-state index in [0.717, 1.165) is 37.0 Å². The molecule has 0 unspecified atom stereocenters. The van der Waals surface area contributed by atoms with Gasteiger partial charge in [0.2, 0.25) is 0 Å². The summed E-state index contributed by atoms with van der Waals surface area (Å²) in [6, 6.07) is 10.5. The molecule has 2 aromatic rings. The summed E-state index contributed by atoms with van der Waals surface area (Å²) < 4.78 is 9.75. The molecule has 25 heavy (non-hydrogen) atoms. The van der Waals surface area contributed by atoms with Crippen LogP contribution in [0.15, 0.2) is 30.3 Å². The number of carbonyl (C=O) groups excluding carboxylic acids is 1.